The van der Waals surface area contributed by atoms with Gasteiger partial charge in [0.15, 0.2) is 11.2 Å². The number of carbonyl (C=O) groups excluding carboxylic acids is 2. The van der Waals surface area contributed by atoms with Crippen molar-refractivity contribution in [2.45, 2.75) is 45.8 Å². The first-order valence-electron chi connectivity index (χ1n) is 10.2. The van der Waals surface area contributed by atoms with Crippen LogP contribution in [0.3, 0.4) is 0 Å². The summed E-state index contributed by atoms with van der Waals surface area (Å²) < 4.78 is 2.41. The van der Waals surface area contributed by atoms with Crippen LogP contribution < -0.4 is 16.2 Å². The maximum atomic E-state index is 13.0. The van der Waals surface area contributed by atoms with E-state index in [1.54, 1.807) is 24.5 Å². The van der Waals surface area contributed by atoms with E-state index < -0.39 is 23.3 Å². The number of aromatic hydroxyl groups is 1. The molecule has 2 amide bonds. The van der Waals surface area contributed by atoms with Crippen molar-refractivity contribution in [2.75, 3.05) is 0 Å². The molecule has 0 spiro atoms. The van der Waals surface area contributed by atoms with E-state index in [2.05, 4.69) is 20.7 Å². The summed E-state index contributed by atoms with van der Waals surface area (Å²) in [5.41, 5.74) is 0.00895. The standard InChI is InChI=1S/C21H24N6O4/c1-12(2)11-26-19-15(17(28)23-9-13-5-7-22-8-6-13)10-24-27(19)21(31)16(20(26)30)18(29)25-14-3-4-14/h5-8,10,12,14,30H,3-4,9,11H2,1-2H3,(H,23,28)(H,25,29). The molecule has 0 atom stereocenters. The molecule has 0 unspecified atom stereocenters. The monoisotopic (exact) mass is 424 g/mol. The average molecular weight is 424 g/mol. The molecule has 3 heterocycles. The SMILES string of the molecule is CC(C)Cn1c(O)c(C(=O)NC2CC2)c(=O)n2ncc(C(=O)NCc3ccncc3)c12. The molecule has 0 radical (unpaired) electrons. The fraction of sp³-hybridized carbons (Fsp3) is 0.381. The number of carbonyl (C=O) groups is 2. The summed E-state index contributed by atoms with van der Waals surface area (Å²) in [5, 5.41) is 20.5. The van der Waals surface area contributed by atoms with E-state index >= 15 is 0 Å². The first-order chi connectivity index (χ1) is 14.9. The topological polar surface area (TPSA) is 131 Å². The highest BCUT2D eigenvalue weighted by Gasteiger charge is 2.30. The molecule has 162 valence electrons. The Morgan fingerprint density at radius 1 is 1.23 bits per heavy atom. The average Bonchev–Trinajstić information content (AvgIpc) is 3.43. The fourth-order valence-electron chi connectivity index (χ4n) is 3.35. The fourth-order valence-corrected chi connectivity index (χ4v) is 3.35. The third kappa shape index (κ3) is 4.14. The van der Waals surface area contributed by atoms with Crippen LogP contribution in [0.5, 0.6) is 5.88 Å². The van der Waals surface area contributed by atoms with Crippen molar-refractivity contribution >= 4 is 17.5 Å². The minimum absolute atomic E-state index is 0.0210. The molecule has 1 saturated carbocycles. The summed E-state index contributed by atoms with van der Waals surface area (Å²) in [7, 11) is 0. The van der Waals surface area contributed by atoms with Gasteiger partial charge in [0.05, 0.1) is 6.20 Å². The van der Waals surface area contributed by atoms with Crippen LogP contribution in [0.2, 0.25) is 0 Å². The molecular formula is C21H24N6O4. The smallest absolute Gasteiger partial charge is 0.291 e. The summed E-state index contributed by atoms with van der Waals surface area (Å²) >= 11 is 0. The van der Waals surface area contributed by atoms with Gasteiger partial charge < -0.3 is 15.7 Å². The van der Waals surface area contributed by atoms with Crippen molar-refractivity contribution in [1.82, 2.24) is 29.8 Å². The Hall–Kier alpha value is -3.69. The molecule has 4 rings (SSSR count). The number of aromatic nitrogens is 4. The van der Waals surface area contributed by atoms with E-state index in [0.717, 1.165) is 22.9 Å². The van der Waals surface area contributed by atoms with Gasteiger partial charge in [0.2, 0.25) is 5.88 Å². The number of nitrogens with zero attached hydrogens (tertiary/aromatic N) is 4. The number of hydrogen-bond donors (Lipinski definition) is 3. The van der Waals surface area contributed by atoms with Crippen LogP contribution in [0.1, 0.15) is 53.0 Å². The van der Waals surface area contributed by atoms with Crippen molar-refractivity contribution in [1.29, 1.82) is 0 Å². The van der Waals surface area contributed by atoms with E-state index in [4.69, 9.17) is 0 Å². The van der Waals surface area contributed by atoms with Crippen molar-refractivity contribution < 1.29 is 14.7 Å². The van der Waals surface area contributed by atoms with E-state index in [9.17, 15) is 19.5 Å². The number of rotatable bonds is 7. The molecule has 0 aliphatic heterocycles. The Kier molecular flexibility index (Phi) is 5.45. The van der Waals surface area contributed by atoms with Crippen LogP contribution in [0.4, 0.5) is 0 Å². The Morgan fingerprint density at radius 3 is 2.58 bits per heavy atom. The first kappa shape index (κ1) is 20.6. The summed E-state index contributed by atoms with van der Waals surface area (Å²) in [6, 6.07) is 3.58. The zero-order valence-electron chi connectivity index (χ0n) is 17.3. The maximum Gasteiger partial charge on any atom is 0.291 e. The van der Waals surface area contributed by atoms with Crippen LogP contribution >= 0.6 is 0 Å². The van der Waals surface area contributed by atoms with E-state index in [-0.39, 0.29) is 41.8 Å². The Labute approximate surface area is 177 Å². The Bertz CT molecular complexity index is 1190. The number of hydrogen-bond acceptors (Lipinski definition) is 6. The van der Waals surface area contributed by atoms with Gasteiger partial charge in [-0.2, -0.15) is 9.61 Å². The molecule has 3 aromatic rings. The van der Waals surface area contributed by atoms with Gasteiger partial charge in [-0.25, -0.2) is 0 Å². The lowest BCUT2D eigenvalue weighted by atomic mass is 10.2. The molecule has 10 heteroatoms. The Morgan fingerprint density at radius 2 is 1.94 bits per heavy atom. The van der Waals surface area contributed by atoms with Gasteiger partial charge in [0, 0.05) is 31.5 Å². The Balaban J connectivity index is 1.76. The van der Waals surface area contributed by atoms with Gasteiger partial charge in [-0.05, 0) is 36.5 Å². The van der Waals surface area contributed by atoms with Gasteiger partial charge in [0.1, 0.15) is 5.56 Å². The molecule has 10 nitrogen and oxygen atoms in total. The van der Waals surface area contributed by atoms with Crippen LogP contribution in [-0.2, 0) is 13.1 Å². The minimum Gasteiger partial charge on any atom is -0.494 e. The molecule has 0 bridgehead atoms. The third-order valence-corrected chi connectivity index (χ3v) is 5.02. The second-order valence-electron chi connectivity index (χ2n) is 8.09. The first-order valence-corrected chi connectivity index (χ1v) is 10.2. The highest BCUT2D eigenvalue weighted by molar-refractivity contribution is 6.01. The summed E-state index contributed by atoms with van der Waals surface area (Å²) in [6.45, 7) is 4.41. The van der Waals surface area contributed by atoms with E-state index in [0.29, 0.717) is 0 Å². The zero-order chi connectivity index (χ0) is 22.1. The second-order valence-corrected chi connectivity index (χ2v) is 8.09. The lowest BCUT2D eigenvalue weighted by Crippen LogP contribution is -2.35. The van der Waals surface area contributed by atoms with Gasteiger partial charge in [-0.3, -0.25) is 23.9 Å². The molecule has 1 aliphatic rings. The molecule has 1 fully saturated rings. The number of pyridine rings is 1. The van der Waals surface area contributed by atoms with Crippen molar-refractivity contribution in [2.24, 2.45) is 5.92 Å². The van der Waals surface area contributed by atoms with Gasteiger partial charge in [0.25, 0.3) is 17.4 Å². The molecule has 3 aromatic heterocycles. The number of amides is 2. The summed E-state index contributed by atoms with van der Waals surface area (Å²) in [6.07, 6.45) is 6.22. The predicted octanol–water partition coefficient (Wildman–Crippen LogP) is 1.07. The second kappa shape index (κ2) is 8.21. The van der Waals surface area contributed by atoms with E-state index in [1.165, 1.54) is 10.8 Å². The van der Waals surface area contributed by atoms with Crippen LogP contribution in [0.15, 0.2) is 35.5 Å². The zero-order valence-corrected chi connectivity index (χ0v) is 17.3. The molecule has 3 N–H and O–H groups in total. The maximum absolute atomic E-state index is 13.0. The van der Waals surface area contributed by atoms with Crippen LogP contribution in [-0.4, -0.2) is 42.1 Å². The lowest BCUT2D eigenvalue weighted by Gasteiger charge is -2.17. The molecule has 1 aliphatic carbocycles. The van der Waals surface area contributed by atoms with Crippen molar-refractivity contribution in [3.8, 4) is 5.88 Å². The molecule has 31 heavy (non-hydrogen) atoms. The largest absolute Gasteiger partial charge is 0.494 e. The minimum atomic E-state index is -0.765. The quantitative estimate of drug-likeness (QED) is 0.520. The van der Waals surface area contributed by atoms with Crippen LogP contribution in [0, 0.1) is 5.92 Å². The number of fused-ring (bicyclic) bond motifs is 1. The summed E-state index contributed by atoms with van der Waals surface area (Å²) in [5.74, 6) is -1.48. The number of nitrogens with one attached hydrogen (secondary N) is 2. The van der Waals surface area contributed by atoms with Crippen LogP contribution in [0.25, 0.3) is 5.65 Å². The third-order valence-electron chi connectivity index (χ3n) is 5.02. The van der Waals surface area contributed by atoms with Gasteiger partial charge in [-0.1, -0.05) is 13.8 Å². The lowest BCUT2D eigenvalue weighted by molar-refractivity contribution is 0.0940. The van der Waals surface area contributed by atoms with E-state index in [1.807, 2.05) is 13.8 Å². The highest BCUT2D eigenvalue weighted by Crippen LogP contribution is 2.24. The van der Waals surface area contributed by atoms with Gasteiger partial charge in [-0.15, -0.1) is 0 Å². The normalized spacial score (nSPS) is 13.5. The molecule has 0 aromatic carbocycles. The predicted molar refractivity (Wildman–Crippen MR) is 112 cm³/mol. The van der Waals surface area contributed by atoms with Crippen molar-refractivity contribution in [3.63, 3.8) is 0 Å². The van der Waals surface area contributed by atoms with Gasteiger partial charge >= 0.3 is 0 Å². The summed E-state index contributed by atoms with van der Waals surface area (Å²) in [4.78, 5) is 42.4. The highest BCUT2D eigenvalue weighted by atomic mass is 16.3. The van der Waals surface area contributed by atoms with Crippen molar-refractivity contribution in [3.05, 3.63) is 57.8 Å². The molecule has 0 saturated heterocycles. The molecular weight excluding hydrogens is 400 g/mol.